The number of ether oxygens (including phenoxy) is 2. The van der Waals surface area contributed by atoms with Gasteiger partial charge in [0, 0.05) is 12.3 Å². The minimum absolute atomic E-state index is 0.0668. The molecule has 0 saturated heterocycles. The lowest BCUT2D eigenvalue weighted by Gasteiger charge is -2.13. The Morgan fingerprint density at radius 2 is 1.94 bits per heavy atom. The number of hydrogen-bond donors (Lipinski definition) is 0. The van der Waals surface area contributed by atoms with Gasteiger partial charge in [-0.1, -0.05) is 29.4 Å². The Balaban J connectivity index is 1.54. The van der Waals surface area contributed by atoms with Crippen molar-refractivity contribution in [3.63, 3.8) is 0 Å². The number of fused-ring (bicyclic) bond motifs is 1. The van der Waals surface area contributed by atoms with E-state index in [0.717, 1.165) is 16.1 Å². The first-order chi connectivity index (χ1) is 15.6. The van der Waals surface area contributed by atoms with E-state index >= 15 is 0 Å². The Labute approximate surface area is 187 Å². The van der Waals surface area contributed by atoms with Crippen LogP contribution >= 0.6 is 11.3 Å². The molecule has 9 heteroatoms. The van der Waals surface area contributed by atoms with Gasteiger partial charge < -0.3 is 9.47 Å². The SMILES string of the molecule is COc1ccccc1-n1c(OCc2cc(=O)n3cc(C)ccc3n2)nnc1-c1cccs1. The highest BCUT2D eigenvalue weighted by molar-refractivity contribution is 7.13. The number of hydrogen-bond acceptors (Lipinski definition) is 7. The number of thiophene rings is 1. The molecule has 0 aliphatic carbocycles. The maximum atomic E-state index is 12.5. The summed E-state index contributed by atoms with van der Waals surface area (Å²) >= 11 is 1.55. The Kier molecular flexibility index (Phi) is 5.16. The average Bonchev–Trinajstić information content (AvgIpc) is 3.48. The molecule has 0 aliphatic heterocycles. The van der Waals surface area contributed by atoms with E-state index in [-0.39, 0.29) is 18.2 Å². The van der Waals surface area contributed by atoms with E-state index in [1.54, 1.807) is 24.6 Å². The Bertz CT molecular complexity index is 1460. The molecule has 0 atom stereocenters. The van der Waals surface area contributed by atoms with E-state index in [1.165, 1.54) is 10.5 Å². The first-order valence-electron chi connectivity index (χ1n) is 9.88. The number of nitrogens with zero attached hydrogens (tertiary/aromatic N) is 5. The van der Waals surface area contributed by atoms with Crippen LogP contribution in [0.1, 0.15) is 11.3 Å². The lowest BCUT2D eigenvalue weighted by Crippen LogP contribution is -2.17. The molecule has 0 spiro atoms. The second-order valence-electron chi connectivity index (χ2n) is 7.10. The molecule has 0 saturated carbocycles. The molecule has 1 aromatic carbocycles. The van der Waals surface area contributed by atoms with Crippen LogP contribution in [-0.2, 0) is 6.61 Å². The average molecular weight is 446 g/mol. The van der Waals surface area contributed by atoms with Gasteiger partial charge in [-0.2, -0.15) is 0 Å². The van der Waals surface area contributed by atoms with Gasteiger partial charge in [-0.05, 0) is 42.1 Å². The smallest absolute Gasteiger partial charge is 0.322 e. The number of para-hydroxylation sites is 2. The molecule has 160 valence electrons. The van der Waals surface area contributed by atoms with E-state index in [0.29, 0.717) is 22.9 Å². The van der Waals surface area contributed by atoms with Crippen molar-refractivity contribution in [3.05, 3.63) is 87.8 Å². The van der Waals surface area contributed by atoms with E-state index < -0.39 is 0 Å². The van der Waals surface area contributed by atoms with Crippen LogP contribution in [0.2, 0.25) is 0 Å². The topological polar surface area (TPSA) is 83.5 Å². The molecule has 5 rings (SSSR count). The van der Waals surface area contributed by atoms with Crippen molar-refractivity contribution in [1.29, 1.82) is 0 Å². The molecule has 0 bridgehead atoms. The molecule has 4 heterocycles. The van der Waals surface area contributed by atoms with Gasteiger partial charge in [0.05, 0.1) is 23.4 Å². The monoisotopic (exact) mass is 445 g/mol. The van der Waals surface area contributed by atoms with Crippen molar-refractivity contribution in [2.24, 2.45) is 0 Å². The van der Waals surface area contributed by atoms with Crippen molar-refractivity contribution in [2.45, 2.75) is 13.5 Å². The quantitative estimate of drug-likeness (QED) is 0.394. The van der Waals surface area contributed by atoms with Crippen molar-refractivity contribution < 1.29 is 9.47 Å². The number of aryl methyl sites for hydroxylation is 1. The second kappa shape index (κ2) is 8.27. The standard InChI is InChI=1S/C23H19N5O3S/c1-15-9-10-20-24-16(12-21(29)27(20)13-15)14-31-23-26-25-22(19-8-5-11-32-19)28(23)17-6-3-4-7-18(17)30-2/h3-13H,14H2,1-2H3. The van der Waals surface area contributed by atoms with Crippen LogP contribution in [0.15, 0.2) is 71.0 Å². The third-order valence-corrected chi connectivity index (χ3v) is 5.78. The summed E-state index contributed by atoms with van der Waals surface area (Å²) in [6.07, 6.45) is 1.76. The number of pyridine rings is 1. The summed E-state index contributed by atoms with van der Waals surface area (Å²) in [7, 11) is 1.61. The summed E-state index contributed by atoms with van der Waals surface area (Å²) in [5, 5.41) is 10.6. The van der Waals surface area contributed by atoms with Crippen LogP contribution in [0.25, 0.3) is 22.0 Å². The summed E-state index contributed by atoms with van der Waals surface area (Å²) in [5.41, 5.74) is 2.64. The molecule has 0 N–H and O–H groups in total. The van der Waals surface area contributed by atoms with Gasteiger partial charge in [-0.15, -0.1) is 16.4 Å². The number of rotatable bonds is 6. The fourth-order valence-corrected chi connectivity index (χ4v) is 4.13. The van der Waals surface area contributed by atoms with Gasteiger partial charge >= 0.3 is 6.01 Å². The van der Waals surface area contributed by atoms with Crippen LogP contribution < -0.4 is 15.0 Å². The molecule has 0 fully saturated rings. The fraction of sp³-hybridized carbons (Fsp3) is 0.130. The van der Waals surface area contributed by atoms with E-state index in [1.807, 2.05) is 65.4 Å². The first-order valence-corrected chi connectivity index (χ1v) is 10.8. The van der Waals surface area contributed by atoms with Crippen molar-refractivity contribution >= 4 is 17.0 Å². The molecule has 0 radical (unpaired) electrons. The van der Waals surface area contributed by atoms with Crippen molar-refractivity contribution in [1.82, 2.24) is 24.1 Å². The van der Waals surface area contributed by atoms with Crippen LogP contribution in [0.3, 0.4) is 0 Å². The van der Waals surface area contributed by atoms with Gasteiger partial charge in [0.25, 0.3) is 5.56 Å². The third kappa shape index (κ3) is 3.63. The molecule has 0 amide bonds. The third-order valence-electron chi connectivity index (χ3n) is 4.91. The lowest BCUT2D eigenvalue weighted by atomic mass is 10.3. The Morgan fingerprint density at radius 3 is 2.75 bits per heavy atom. The second-order valence-corrected chi connectivity index (χ2v) is 8.05. The van der Waals surface area contributed by atoms with Gasteiger partial charge in [-0.3, -0.25) is 9.20 Å². The minimum Gasteiger partial charge on any atom is -0.495 e. The van der Waals surface area contributed by atoms with Crippen LogP contribution in [0.5, 0.6) is 11.8 Å². The highest BCUT2D eigenvalue weighted by Gasteiger charge is 2.20. The van der Waals surface area contributed by atoms with E-state index in [4.69, 9.17) is 9.47 Å². The number of aromatic nitrogens is 5. The largest absolute Gasteiger partial charge is 0.495 e. The Hall–Kier alpha value is -3.98. The van der Waals surface area contributed by atoms with Crippen molar-refractivity contribution in [2.75, 3.05) is 7.11 Å². The summed E-state index contributed by atoms with van der Waals surface area (Å²) in [5.74, 6) is 1.30. The fourth-order valence-electron chi connectivity index (χ4n) is 3.43. The van der Waals surface area contributed by atoms with Gasteiger partial charge in [0.2, 0.25) is 0 Å². The predicted octanol–water partition coefficient (Wildman–Crippen LogP) is 3.90. The highest BCUT2D eigenvalue weighted by Crippen LogP contribution is 2.33. The maximum absolute atomic E-state index is 12.5. The Morgan fingerprint density at radius 1 is 1.06 bits per heavy atom. The zero-order valence-corrected chi connectivity index (χ0v) is 18.2. The van der Waals surface area contributed by atoms with Gasteiger partial charge in [0.15, 0.2) is 5.82 Å². The number of methoxy groups -OCH3 is 1. The molecule has 4 aromatic heterocycles. The zero-order valence-electron chi connectivity index (χ0n) is 17.4. The highest BCUT2D eigenvalue weighted by atomic mass is 32.1. The molecule has 0 unspecified atom stereocenters. The van der Waals surface area contributed by atoms with E-state index in [9.17, 15) is 4.79 Å². The minimum atomic E-state index is -0.164. The zero-order chi connectivity index (χ0) is 22.1. The van der Waals surface area contributed by atoms with E-state index in [2.05, 4.69) is 15.2 Å². The van der Waals surface area contributed by atoms with Crippen LogP contribution in [0, 0.1) is 6.92 Å². The van der Waals surface area contributed by atoms with Gasteiger partial charge in [-0.25, -0.2) is 9.55 Å². The molecular formula is C23H19N5O3S. The predicted molar refractivity (Wildman–Crippen MR) is 122 cm³/mol. The first kappa shape index (κ1) is 20.0. The van der Waals surface area contributed by atoms with Crippen LogP contribution in [0.4, 0.5) is 0 Å². The molecule has 32 heavy (non-hydrogen) atoms. The summed E-state index contributed by atoms with van der Waals surface area (Å²) in [4.78, 5) is 18.0. The summed E-state index contributed by atoms with van der Waals surface area (Å²) < 4.78 is 14.9. The number of benzene rings is 1. The molecule has 0 aliphatic rings. The summed E-state index contributed by atoms with van der Waals surface area (Å²) in [6, 6.07) is 17.0. The van der Waals surface area contributed by atoms with Crippen LogP contribution in [-0.4, -0.2) is 31.3 Å². The van der Waals surface area contributed by atoms with Gasteiger partial charge in [0.1, 0.15) is 18.0 Å². The maximum Gasteiger partial charge on any atom is 0.322 e. The summed E-state index contributed by atoms with van der Waals surface area (Å²) in [6.45, 7) is 2.00. The lowest BCUT2D eigenvalue weighted by molar-refractivity contribution is 0.270. The molecule has 5 aromatic rings. The van der Waals surface area contributed by atoms with Crippen molar-refractivity contribution in [3.8, 4) is 28.1 Å². The molecular weight excluding hydrogens is 426 g/mol. The normalized spacial score (nSPS) is 11.1. The molecule has 8 nitrogen and oxygen atoms in total.